The Balaban J connectivity index is 1.41. The first kappa shape index (κ1) is 18.9. The predicted molar refractivity (Wildman–Crippen MR) is 108 cm³/mol. The largest absolute Gasteiger partial charge is 0.381 e. The Bertz CT molecular complexity index is 807. The summed E-state index contributed by atoms with van der Waals surface area (Å²) in [5, 5.41) is 4.45. The molecule has 0 saturated carbocycles. The zero-order valence-corrected chi connectivity index (χ0v) is 16.8. The number of rotatable bonds is 4. The van der Waals surface area contributed by atoms with Gasteiger partial charge in [0.15, 0.2) is 0 Å². The van der Waals surface area contributed by atoms with Gasteiger partial charge in [-0.2, -0.15) is 5.10 Å². The van der Waals surface area contributed by atoms with Gasteiger partial charge >= 0.3 is 0 Å². The lowest BCUT2D eigenvalue weighted by Gasteiger charge is -2.38. The fraction of sp³-hybridized carbons (Fsp3) is 0.571. The highest BCUT2D eigenvalue weighted by Gasteiger charge is 2.31. The van der Waals surface area contributed by atoms with Crippen molar-refractivity contribution in [2.75, 3.05) is 38.3 Å². The fourth-order valence-corrected chi connectivity index (χ4v) is 4.27. The molecule has 0 spiro atoms. The molecule has 2 aliphatic rings. The fourth-order valence-electron chi connectivity index (χ4n) is 4.27. The molecule has 0 aliphatic carbocycles. The molecule has 28 heavy (non-hydrogen) atoms. The van der Waals surface area contributed by atoms with E-state index in [9.17, 15) is 4.79 Å². The Morgan fingerprint density at radius 2 is 1.89 bits per heavy atom. The van der Waals surface area contributed by atoms with E-state index >= 15 is 0 Å². The Hall–Kier alpha value is -2.41. The first-order valence-electron chi connectivity index (χ1n) is 10.2. The first-order chi connectivity index (χ1) is 13.6. The molecule has 0 aromatic carbocycles. The highest BCUT2D eigenvalue weighted by atomic mass is 16.5. The molecule has 4 heterocycles. The van der Waals surface area contributed by atoms with Gasteiger partial charge in [-0.15, -0.1) is 0 Å². The van der Waals surface area contributed by atoms with Crippen LogP contribution in [0.5, 0.6) is 0 Å². The summed E-state index contributed by atoms with van der Waals surface area (Å²) in [4.78, 5) is 21.6. The average molecular weight is 383 g/mol. The van der Waals surface area contributed by atoms with Gasteiger partial charge in [0.1, 0.15) is 0 Å². The SMILES string of the molecule is Cc1cnn(-c2ccncc2N2CCC(C(=O)N(C)C3CCOCC3)CC2)c1. The van der Waals surface area contributed by atoms with E-state index in [2.05, 4.69) is 15.0 Å². The van der Waals surface area contributed by atoms with E-state index in [1.807, 2.05) is 48.2 Å². The van der Waals surface area contributed by atoms with Gasteiger partial charge in [0.2, 0.25) is 5.91 Å². The molecule has 4 rings (SSSR count). The van der Waals surface area contributed by atoms with E-state index in [0.29, 0.717) is 11.9 Å². The maximum absolute atomic E-state index is 13.0. The van der Waals surface area contributed by atoms with Gasteiger partial charge < -0.3 is 14.5 Å². The molecule has 0 bridgehead atoms. The lowest BCUT2D eigenvalue weighted by atomic mass is 9.93. The first-order valence-corrected chi connectivity index (χ1v) is 10.2. The molecule has 0 atom stereocenters. The topological polar surface area (TPSA) is 63.5 Å². The summed E-state index contributed by atoms with van der Waals surface area (Å²) in [7, 11) is 1.96. The number of amides is 1. The molecule has 1 amide bonds. The second-order valence-electron chi connectivity index (χ2n) is 7.88. The van der Waals surface area contributed by atoms with E-state index in [1.165, 1.54) is 0 Å². The molecule has 0 N–H and O–H groups in total. The molecule has 7 nitrogen and oxygen atoms in total. The van der Waals surface area contributed by atoms with Crippen LogP contribution in [0.2, 0.25) is 0 Å². The van der Waals surface area contributed by atoms with Crippen molar-refractivity contribution in [3.05, 3.63) is 36.4 Å². The van der Waals surface area contributed by atoms with Crippen molar-refractivity contribution in [1.29, 1.82) is 0 Å². The summed E-state index contributed by atoms with van der Waals surface area (Å²) in [6.45, 7) is 5.28. The molecule has 0 radical (unpaired) electrons. The Kier molecular flexibility index (Phi) is 5.62. The summed E-state index contributed by atoms with van der Waals surface area (Å²) in [5.74, 6) is 0.400. The van der Waals surface area contributed by atoms with Crippen LogP contribution in [0.1, 0.15) is 31.2 Å². The quantitative estimate of drug-likeness (QED) is 0.811. The van der Waals surface area contributed by atoms with Crippen molar-refractivity contribution >= 4 is 11.6 Å². The smallest absolute Gasteiger partial charge is 0.225 e. The van der Waals surface area contributed by atoms with Crippen LogP contribution in [-0.2, 0) is 9.53 Å². The van der Waals surface area contributed by atoms with Crippen LogP contribution in [0.25, 0.3) is 5.69 Å². The van der Waals surface area contributed by atoms with Crippen molar-refractivity contribution in [2.45, 2.75) is 38.6 Å². The van der Waals surface area contributed by atoms with Gasteiger partial charge in [0.05, 0.1) is 23.8 Å². The van der Waals surface area contributed by atoms with E-state index in [0.717, 1.165) is 68.9 Å². The van der Waals surface area contributed by atoms with Crippen LogP contribution in [0, 0.1) is 12.8 Å². The molecule has 7 heteroatoms. The summed E-state index contributed by atoms with van der Waals surface area (Å²) in [6, 6.07) is 2.32. The van der Waals surface area contributed by atoms with Crippen molar-refractivity contribution in [2.24, 2.45) is 5.92 Å². The molecular formula is C21H29N5O2. The minimum atomic E-state index is 0.108. The van der Waals surface area contributed by atoms with E-state index in [4.69, 9.17) is 4.74 Å². The summed E-state index contributed by atoms with van der Waals surface area (Å²) in [5.41, 5.74) is 3.24. The minimum absolute atomic E-state index is 0.108. The van der Waals surface area contributed by atoms with Gasteiger partial charge in [-0.1, -0.05) is 0 Å². The van der Waals surface area contributed by atoms with Gasteiger partial charge in [-0.3, -0.25) is 9.78 Å². The standard InChI is InChI=1S/C21H29N5O2/c1-16-13-23-26(15-16)19-3-8-22-14-20(19)25-9-4-17(5-10-25)21(27)24(2)18-6-11-28-12-7-18/h3,8,13-15,17-18H,4-7,9-12H2,1-2H3. The van der Waals surface area contributed by atoms with Crippen LogP contribution in [0.15, 0.2) is 30.9 Å². The molecule has 2 fully saturated rings. The third-order valence-electron chi connectivity index (χ3n) is 6.01. The number of ether oxygens (including phenoxy) is 1. The maximum atomic E-state index is 13.0. The van der Waals surface area contributed by atoms with Gasteiger partial charge in [0, 0.05) is 57.7 Å². The lowest BCUT2D eigenvalue weighted by Crippen LogP contribution is -2.46. The van der Waals surface area contributed by atoms with Gasteiger partial charge in [0.25, 0.3) is 0 Å². The van der Waals surface area contributed by atoms with Gasteiger partial charge in [-0.25, -0.2) is 4.68 Å². The van der Waals surface area contributed by atoms with Crippen molar-refractivity contribution in [3.8, 4) is 5.69 Å². The second kappa shape index (κ2) is 8.31. The molecular weight excluding hydrogens is 354 g/mol. The van der Waals surface area contributed by atoms with Crippen LogP contribution in [0.4, 0.5) is 5.69 Å². The number of carbonyl (C=O) groups is 1. The van der Waals surface area contributed by atoms with Crippen LogP contribution in [0.3, 0.4) is 0 Å². The number of carbonyl (C=O) groups excluding carboxylic acids is 1. The number of nitrogens with zero attached hydrogens (tertiary/aromatic N) is 5. The molecule has 0 unspecified atom stereocenters. The summed E-state index contributed by atoms with van der Waals surface area (Å²) >= 11 is 0. The lowest BCUT2D eigenvalue weighted by molar-refractivity contribution is -0.138. The highest BCUT2D eigenvalue weighted by Crippen LogP contribution is 2.29. The molecule has 2 aromatic heterocycles. The monoisotopic (exact) mass is 383 g/mol. The number of aromatic nitrogens is 3. The summed E-state index contributed by atoms with van der Waals surface area (Å²) in [6.07, 6.45) is 11.2. The average Bonchev–Trinajstić information content (AvgIpc) is 3.19. The van der Waals surface area contributed by atoms with Crippen LogP contribution >= 0.6 is 0 Å². The zero-order valence-electron chi connectivity index (χ0n) is 16.8. The van der Waals surface area contributed by atoms with E-state index < -0.39 is 0 Å². The zero-order chi connectivity index (χ0) is 19.5. The highest BCUT2D eigenvalue weighted by molar-refractivity contribution is 5.79. The Morgan fingerprint density at radius 3 is 2.57 bits per heavy atom. The van der Waals surface area contributed by atoms with Crippen LogP contribution in [-0.4, -0.2) is 65.0 Å². The van der Waals surface area contributed by atoms with Gasteiger partial charge in [-0.05, 0) is 44.2 Å². The number of hydrogen-bond donors (Lipinski definition) is 0. The van der Waals surface area contributed by atoms with Crippen LogP contribution < -0.4 is 4.90 Å². The van der Waals surface area contributed by atoms with Crippen molar-refractivity contribution in [1.82, 2.24) is 19.7 Å². The third kappa shape index (κ3) is 3.90. The number of anilines is 1. The Morgan fingerprint density at radius 1 is 1.14 bits per heavy atom. The number of hydrogen-bond acceptors (Lipinski definition) is 5. The third-order valence-corrected chi connectivity index (χ3v) is 6.01. The molecule has 2 aromatic rings. The van der Waals surface area contributed by atoms with Crippen molar-refractivity contribution in [3.63, 3.8) is 0 Å². The van der Waals surface area contributed by atoms with E-state index in [-0.39, 0.29) is 5.92 Å². The minimum Gasteiger partial charge on any atom is -0.381 e. The Labute approximate surface area is 166 Å². The van der Waals surface area contributed by atoms with E-state index in [1.54, 1.807) is 6.20 Å². The second-order valence-corrected chi connectivity index (χ2v) is 7.88. The molecule has 2 saturated heterocycles. The molecule has 150 valence electrons. The number of piperidine rings is 1. The summed E-state index contributed by atoms with van der Waals surface area (Å²) < 4.78 is 7.33. The molecule has 2 aliphatic heterocycles. The number of aryl methyl sites for hydroxylation is 1. The normalized spacial score (nSPS) is 19.0. The van der Waals surface area contributed by atoms with Crippen molar-refractivity contribution < 1.29 is 9.53 Å². The maximum Gasteiger partial charge on any atom is 0.225 e. The predicted octanol–water partition coefficient (Wildman–Crippen LogP) is 2.43. The number of pyridine rings is 1.